The van der Waals surface area contributed by atoms with Crippen LogP contribution in [-0.4, -0.2) is 23.9 Å². The van der Waals surface area contributed by atoms with E-state index in [2.05, 4.69) is 24.4 Å². The van der Waals surface area contributed by atoms with Gasteiger partial charge in [0.2, 0.25) is 0 Å². The number of aliphatic hydroxyl groups excluding tert-OH is 1. The van der Waals surface area contributed by atoms with E-state index in [1.165, 1.54) is 18.4 Å². The van der Waals surface area contributed by atoms with Gasteiger partial charge in [0.15, 0.2) is 0 Å². The summed E-state index contributed by atoms with van der Waals surface area (Å²) in [4.78, 5) is 0. The predicted octanol–water partition coefficient (Wildman–Crippen LogP) is 2.87. The molecule has 0 unspecified atom stereocenters. The summed E-state index contributed by atoms with van der Waals surface area (Å²) in [7, 11) is 0. The highest BCUT2D eigenvalue weighted by molar-refractivity contribution is 5.27. The first-order valence-corrected chi connectivity index (χ1v) is 7.41. The lowest BCUT2D eigenvalue weighted by molar-refractivity contribution is 0.0619. The number of ether oxygens (including phenoxy) is 1. The van der Waals surface area contributed by atoms with E-state index in [1.807, 2.05) is 12.1 Å². The van der Waals surface area contributed by atoms with Crippen molar-refractivity contribution >= 4 is 0 Å². The number of benzene rings is 1. The Labute approximate surface area is 116 Å². The lowest BCUT2D eigenvalue weighted by Gasteiger charge is -2.32. The first kappa shape index (κ1) is 14.4. The number of aliphatic hydroxyl groups is 1. The highest BCUT2D eigenvalue weighted by Crippen LogP contribution is 2.20. The summed E-state index contributed by atoms with van der Waals surface area (Å²) in [6, 6.07) is 8.78. The van der Waals surface area contributed by atoms with E-state index >= 15 is 0 Å². The Bertz CT molecular complexity index is 358. The molecule has 1 saturated carbocycles. The largest absolute Gasteiger partial charge is 0.494 e. The van der Waals surface area contributed by atoms with Gasteiger partial charge in [-0.15, -0.1) is 0 Å². The van der Waals surface area contributed by atoms with Crippen molar-refractivity contribution in [2.75, 3.05) is 6.61 Å². The van der Waals surface area contributed by atoms with Crippen LogP contribution in [0.25, 0.3) is 0 Å². The maximum absolute atomic E-state index is 9.22. The van der Waals surface area contributed by atoms with Gasteiger partial charge in [-0.3, -0.25) is 0 Å². The topological polar surface area (TPSA) is 41.5 Å². The Morgan fingerprint density at radius 3 is 2.58 bits per heavy atom. The predicted molar refractivity (Wildman–Crippen MR) is 77.3 cm³/mol. The summed E-state index contributed by atoms with van der Waals surface area (Å²) < 4.78 is 5.68. The van der Waals surface area contributed by atoms with Crippen molar-refractivity contribution in [2.45, 2.75) is 57.7 Å². The summed E-state index contributed by atoms with van der Waals surface area (Å²) >= 11 is 0. The van der Waals surface area contributed by atoms with Gasteiger partial charge in [-0.1, -0.05) is 31.9 Å². The van der Waals surface area contributed by atoms with Gasteiger partial charge in [0.25, 0.3) is 0 Å². The molecule has 1 fully saturated rings. The van der Waals surface area contributed by atoms with Crippen LogP contribution in [0.15, 0.2) is 24.3 Å². The summed E-state index contributed by atoms with van der Waals surface area (Å²) in [6.45, 7) is 3.88. The zero-order chi connectivity index (χ0) is 13.5. The van der Waals surface area contributed by atoms with E-state index in [4.69, 9.17) is 4.74 Å². The molecule has 0 radical (unpaired) electrons. The minimum atomic E-state index is -0.0867. The van der Waals surface area contributed by atoms with Gasteiger partial charge >= 0.3 is 0 Å². The second-order valence-corrected chi connectivity index (χ2v) is 5.40. The van der Waals surface area contributed by atoms with Gasteiger partial charge < -0.3 is 15.2 Å². The van der Waals surface area contributed by atoms with Crippen LogP contribution in [0.5, 0.6) is 5.75 Å². The molecule has 19 heavy (non-hydrogen) atoms. The van der Waals surface area contributed by atoms with E-state index in [1.54, 1.807) is 0 Å². The van der Waals surface area contributed by atoms with Crippen LogP contribution in [0.4, 0.5) is 0 Å². The molecule has 3 nitrogen and oxygen atoms in total. The number of hydrogen-bond donors (Lipinski definition) is 2. The van der Waals surface area contributed by atoms with Crippen molar-refractivity contribution in [3.63, 3.8) is 0 Å². The highest BCUT2D eigenvalue weighted by atomic mass is 16.5. The van der Waals surface area contributed by atoms with Crippen molar-refractivity contribution in [3.8, 4) is 5.75 Å². The van der Waals surface area contributed by atoms with Crippen molar-refractivity contribution < 1.29 is 9.84 Å². The van der Waals surface area contributed by atoms with Crippen LogP contribution in [0.3, 0.4) is 0 Å². The minimum Gasteiger partial charge on any atom is -0.494 e. The highest BCUT2D eigenvalue weighted by Gasteiger charge is 2.26. The van der Waals surface area contributed by atoms with E-state index in [-0.39, 0.29) is 6.10 Å². The molecule has 2 rings (SSSR count). The Hall–Kier alpha value is -1.06. The maximum Gasteiger partial charge on any atom is 0.119 e. The third-order valence-electron chi connectivity index (χ3n) is 3.65. The second kappa shape index (κ2) is 7.51. The van der Waals surface area contributed by atoms with Crippen LogP contribution in [-0.2, 0) is 6.54 Å². The summed E-state index contributed by atoms with van der Waals surface area (Å²) in [5.41, 5.74) is 1.27. The van der Waals surface area contributed by atoms with E-state index in [0.29, 0.717) is 6.04 Å². The van der Waals surface area contributed by atoms with Crippen LogP contribution >= 0.6 is 0 Å². The standard InChI is InChI=1S/C16H25NO2/c1-2-3-4-9-19-16-7-5-13(6-8-16)12-17-14-10-15(18)11-14/h5-8,14-15,17-18H,2-4,9-12H2,1H3. The van der Waals surface area contributed by atoms with Crippen molar-refractivity contribution in [3.05, 3.63) is 29.8 Å². The average molecular weight is 263 g/mol. The Morgan fingerprint density at radius 2 is 1.95 bits per heavy atom. The van der Waals surface area contributed by atoms with Crippen LogP contribution in [0.1, 0.15) is 44.6 Å². The fourth-order valence-electron chi connectivity index (χ4n) is 2.26. The zero-order valence-corrected chi connectivity index (χ0v) is 11.8. The van der Waals surface area contributed by atoms with Crippen molar-refractivity contribution in [1.82, 2.24) is 5.32 Å². The third-order valence-corrected chi connectivity index (χ3v) is 3.65. The second-order valence-electron chi connectivity index (χ2n) is 5.40. The smallest absolute Gasteiger partial charge is 0.119 e. The lowest BCUT2D eigenvalue weighted by atomic mass is 9.89. The number of unbranched alkanes of at least 4 members (excludes halogenated alkanes) is 2. The molecule has 3 heteroatoms. The quantitative estimate of drug-likeness (QED) is 0.709. The van der Waals surface area contributed by atoms with Gasteiger partial charge in [-0.2, -0.15) is 0 Å². The summed E-state index contributed by atoms with van der Waals surface area (Å²) in [5, 5.41) is 12.7. The SMILES string of the molecule is CCCCCOc1ccc(CNC2CC(O)C2)cc1. The van der Waals surface area contributed by atoms with Crippen molar-refractivity contribution in [2.24, 2.45) is 0 Å². The molecule has 1 aromatic rings. The average Bonchev–Trinajstić information content (AvgIpc) is 2.40. The molecule has 0 aromatic heterocycles. The normalized spacial score (nSPS) is 22.0. The van der Waals surface area contributed by atoms with Crippen LogP contribution < -0.4 is 10.1 Å². The van der Waals surface area contributed by atoms with Gasteiger partial charge in [0, 0.05) is 12.6 Å². The van der Waals surface area contributed by atoms with E-state index < -0.39 is 0 Å². The monoisotopic (exact) mass is 263 g/mol. The first-order valence-electron chi connectivity index (χ1n) is 7.41. The molecule has 0 bridgehead atoms. The van der Waals surface area contributed by atoms with Crippen LogP contribution in [0, 0.1) is 0 Å². The molecule has 1 aliphatic carbocycles. The molecule has 0 spiro atoms. The maximum atomic E-state index is 9.22. The number of nitrogens with one attached hydrogen (secondary N) is 1. The van der Waals surface area contributed by atoms with Crippen LogP contribution in [0.2, 0.25) is 0 Å². The fourth-order valence-corrected chi connectivity index (χ4v) is 2.26. The van der Waals surface area contributed by atoms with E-state index in [0.717, 1.165) is 38.2 Å². The molecule has 0 saturated heterocycles. The van der Waals surface area contributed by atoms with Crippen molar-refractivity contribution in [1.29, 1.82) is 0 Å². The number of hydrogen-bond acceptors (Lipinski definition) is 3. The van der Waals surface area contributed by atoms with Gasteiger partial charge in [0.1, 0.15) is 5.75 Å². The number of rotatable bonds is 8. The first-order chi connectivity index (χ1) is 9.28. The molecule has 1 aromatic carbocycles. The third kappa shape index (κ3) is 4.84. The molecule has 2 N–H and O–H groups in total. The molecule has 0 amide bonds. The Balaban J connectivity index is 1.66. The lowest BCUT2D eigenvalue weighted by Crippen LogP contribution is -2.43. The van der Waals surface area contributed by atoms with Gasteiger partial charge in [0.05, 0.1) is 12.7 Å². The zero-order valence-electron chi connectivity index (χ0n) is 11.8. The molecule has 1 aliphatic rings. The minimum absolute atomic E-state index is 0.0867. The summed E-state index contributed by atoms with van der Waals surface area (Å²) in [6.07, 6.45) is 5.27. The fraction of sp³-hybridized carbons (Fsp3) is 0.625. The Morgan fingerprint density at radius 1 is 1.21 bits per heavy atom. The molecular weight excluding hydrogens is 238 g/mol. The molecule has 0 heterocycles. The summed E-state index contributed by atoms with van der Waals surface area (Å²) in [5.74, 6) is 0.957. The molecule has 106 valence electrons. The molecule has 0 aliphatic heterocycles. The van der Waals surface area contributed by atoms with Gasteiger partial charge in [-0.25, -0.2) is 0 Å². The van der Waals surface area contributed by atoms with E-state index in [9.17, 15) is 5.11 Å². The Kier molecular flexibility index (Phi) is 5.67. The van der Waals surface area contributed by atoms with Gasteiger partial charge in [-0.05, 0) is 37.0 Å². The molecular formula is C16H25NO2. The molecule has 0 atom stereocenters.